The number of ether oxygens (including phenoxy) is 3. The number of morpholine rings is 1. The van der Waals surface area contributed by atoms with Gasteiger partial charge in [0.2, 0.25) is 5.91 Å². The van der Waals surface area contributed by atoms with Crippen molar-refractivity contribution in [3.8, 4) is 11.5 Å². The van der Waals surface area contributed by atoms with Crippen molar-refractivity contribution in [3.05, 3.63) is 22.7 Å². The fraction of sp³-hybridized carbons (Fsp3) is 0.632. The van der Waals surface area contributed by atoms with E-state index in [0.29, 0.717) is 56.8 Å². The second kappa shape index (κ2) is 8.65. The standard InChI is InChI=1S/C19H26ClN3O4/c20-16-11-15(12-17-19(16)27-10-9-26-17)13-21-1-3-22(4-2-21)14-18(24)23-5-7-25-8-6-23/h11-12H,1-10,13-14H2. The minimum absolute atomic E-state index is 0.213. The van der Waals surface area contributed by atoms with E-state index in [2.05, 4.69) is 9.80 Å². The van der Waals surface area contributed by atoms with Gasteiger partial charge in [0.1, 0.15) is 13.2 Å². The van der Waals surface area contributed by atoms with Crippen LogP contribution in [0, 0.1) is 0 Å². The Bertz CT molecular complexity index is 673. The van der Waals surface area contributed by atoms with E-state index in [0.717, 1.165) is 44.0 Å². The maximum absolute atomic E-state index is 12.4. The molecule has 1 amide bonds. The summed E-state index contributed by atoms with van der Waals surface area (Å²) < 4.78 is 16.6. The van der Waals surface area contributed by atoms with Crippen molar-refractivity contribution in [1.29, 1.82) is 0 Å². The molecule has 0 saturated carbocycles. The lowest BCUT2D eigenvalue weighted by Crippen LogP contribution is -2.51. The average Bonchev–Trinajstić information content (AvgIpc) is 2.70. The van der Waals surface area contributed by atoms with E-state index >= 15 is 0 Å². The van der Waals surface area contributed by atoms with Crippen molar-refractivity contribution in [1.82, 2.24) is 14.7 Å². The number of hydrogen-bond donors (Lipinski definition) is 0. The van der Waals surface area contributed by atoms with Gasteiger partial charge >= 0.3 is 0 Å². The molecule has 0 N–H and O–H groups in total. The molecule has 0 aromatic heterocycles. The largest absolute Gasteiger partial charge is 0.486 e. The summed E-state index contributed by atoms with van der Waals surface area (Å²) in [6.07, 6.45) is 0. The number of carbonyl (C=O) groups is 1. The molecule has 0 spiro atoms. The van der Waals surface area contributed by atoms with Crippen LogP contribution in [0.5, 0.6) is 11.5 Å². The van der Waals surface area contributed by atoms with E-state index in [1.807, 2.05) is 17.0 Å². The number of halogens is 1. The Balaban J connectivity index is 1.27. The maximum atomic E-state index is 12.4. The van der Waals surface area contributed by atoms with Gasteiger partial charge in [-0.2, -0.15) is 0 Å². The van der Waals surface area contributed by atoms with Crippen LogP contribution < -0.4 is 9.47 Å². The first-order chi connectivity index (χ1) is 13.2. The third-order valence-electron chi connectivity index (χ3n) is 5.25. The lowest BCUT2D eigenvalue weighted by Gasteiger charge is -2.36. The number of fused-ring (bicyclic) bond motifs is 1. The predicted molar refractivity (Wildman–Crippen MR) is 102 cm³/mol. The number of piperazine rings is 1. The molecule has 8 heteroatoms. The maximum Gasteiger partial charge on any atom is 0.236 e. The zero-order valence-electron chi connectivity index (χ0n) is 15.5. The van der Waals surface area contributed by atoms with Gasteiger partial charge in [-0.05, 0) is 17.7 Å². The van der Waals surface area contributed by atoms with Crippen LogP contribution in [0.4, 0.5) is 0 Å². The number of nitrogens with zero attached hydrogens (tertiary/aromatic N) is 3. The molecular weight excluding hydrogens is 370 g/mol. The van der Waals surface area contributed by atoms with Crippen molar-refractivity contribution in [2.45, 2.75) is 6.54 Å². The van der Waals surface area contributed by atoms with Crippen LogP contribution in [0.2, 0.25) is 5.02 Å². The lowest BCUT2D eigenvalue weighted by molar-refractivity contribution is -0.136. The van der Waals surface area contributed by atoms with Crippen LogP contribution in [0.15, 0.2) is 12.1 Å². The van der Waals surface area contributed by atoms with E-state index in [1.165, 1.54) is 0 Å². The normalized spacial score (nSPS) is 21.3. The first-order valence-electron chi connectivity index (χ1n) is 9.57. The van der Waals surface area contributed by atoms with E-state index < -0.39 is 0 Å². The second-order valence-electron chi connectivity index (χ2n) is 7.15. The molecule has 2 saturated heterocycles. The zero-order chi connectivity index (χ0) is 18.6. The van der Waals surface area contributed by atoms with Gasteiger partial charge in [0.15, 0.2) is 11.5 Å². The van der Waals surface area contributed by atoms with Crippen LogP contribution in [-0.2, 0) is 16.1 Å². The summed E-state index contributed by atoms with van der Waals surface area (Å²) in [4.78, 5) is 18.9. The Morgan fingerprint density at radius 1 is 0.926 bits per heavy atom. The molecule has 3 aliphatic rings. The Hall–Kier alpha value is -1.54. The number of carbonyl (C=O) groups excluding carboxylic acids is 1. The molecule has 2 fully saturated rings. The number of benzene rings is 1. The summed E-state index contributed by atoms with van der Waals surface area (Å²) in [5.41, 5.74) is 1.13. The number of hydrogen-bond acceptors (Lipinski definition) is 6. The van der Waals surface area contributed by atoms with Gasteiger partial charge in [-0.25, -0.2) is 0 Å². The first kappa shape index (κ1) is 18.8. The minimum atomic E-state index is 0.213. The molecule has 0 bridgehead atoms. The van der Waals surface area contributed by atoms with Gasteiger partial charge in [-0.1, -0.05) is 11.6 Å². The predicted octanol–water partition coefficient (Wildman–Crippen LogP) is 1.09. The summed E-state index contributed by atoms with van der Waals surface area (Å²) in [6.45, 7) is 8.81. The number of rotatable bonds is 4. The highest BCUT2D eigenvalue weighted by atomic mass is 35.5. The summed E-state index contributed by atoms with van der Waals surface area (Å²) >= 11 is 6.34. The molecule has 3 heterocycles. The molecule has 3 aliphatic heterocycles. The highest BCUT2D eigenvalue weighted by Crippen LogP contribution is 2.38. The van der Waals surface area contributed by atoms with Crippen LogP contribution in [0.3, 0.4) is 0 Å². The highest BCUT2D eigenvalue weighted by molar-refractivity contribution is 6.32. The Labute approximate surface area is 164 Å². The highest BCUT2D eigenvalue weighted by Gasteiger charge is 2.24. The molecule has 0 radical (unpaired) electrons. The Kier molecular flexibility index (Phi) is 6.02. The molecule has 1 aromatic carbocycles. The van der Waals surface area contributed by atoms with Crippen molar-refractivity contribution in [2.24, 2.45) is 0 Å². The molecule has 1 aromatic rings. The van der Waals surface area contributed by atoms with Gasteiger partial charge in [0, 0.05) is 45.8 Å². The summed E-state index contributed by atoms with van der Waals surface area (Å²) in [7, 11) is 0. The van der Waals surface area contributed by atoms with E-state index in [-0.39, 0.29) is 5.91 Å². The summed E-state index contributed by atoms with van der Waals surface area (Å²) in [5.74, 6) is 1.60. The molecule has 0 unspecified atom stereocenters. The average molecular weight is 396 g/mol. The quantitative estimate of drug-likeness (QED) is 0.760. The molecule has 4 rings (SSSR count). The van der Waals surface area contributed by atoms with Gasteiger partial charge in [0.25, 0.3) is 0 Å². The van der Waals surface area contributed by atoms with Gasteiger partial charge in [0.05, 0.1) is 24.8 Å². The lowest BCUT2D eigenvalue weighted by atomic mass is 10.1. The Morgan fingerprint density at radius 3 is 2.41 bits per heavy atom. The second-order valence-corrected chi connectivity index (χ2v) is 7.55. The van der Waals surface area contributed by atoms with Crippen molar-refractivity contribution >= 4 is 17.5 Å². The number of amides is 1. The smallest absolute Gasteiger partial charge is 0.236 e. The van der Waals surface area contributed by atoms with Crippen molar-refractivity contribution in [2.75, 3.05) is 72.2 Å². The van der Waals surface area contributed by atoms with Gasteiger partial charge in [-0.3, -0.25) is 14.6 Å². The van der Waals surface area contributed by atoms with Crippen LogP contribution >= 0.6 is 11.6 Å². The van der Waals surface area contributed by atoms with Gasteiger partial charge in [-0.15, -0.1) is 0 Å². The Morgan fingerprint density at radius 2 is 1.63 bits per heavy atom. The zero-order valence-corrected chi connectivity index (χ0v) is 16.2. The van der Waals surface area contributed by atoms with Crippen LogP contribution in [0.25, 0.3) is 0 Å². The topological polar surface area (TPSA) is 54.5 Å². The SMILES string of the molecule is O=C(CN1CCN(Cc2cc(Cl)c3c(c2)OCCO3)CC1)N1CCOCC1. The molecule has 7 nitrogen and oxygen atoms in total. The van der Waals surface area contributed by atoms with Crippen LogP contribution in [-0.4, -0.2) is 92.8 Å². The molecule has 27 heavy (non-hydrogen) atoms. The van der Waals surface area contributed by atoms with E-state index in [4.69, 9.17) is 25.8 Å². The summed E-state index contributed by atoms with van der Waals surface area (Å²) in [5, 5.41) is 0.608. The summed E-state index contributed by atoms with van der Waals surface area (Å²) in [6, 6.07) is 3.98. The van der Waals surface area contributed by atoms with Crippen molar-refractivity contribution in [3.63, 3.8) is 0 Å². The third kappa shape index (κ3) is 4.66. The molecular formula is C19H26ClN3O4. The minimum Gasteiger partial charge on any atom is -0.486 e. The fourth-order valence-corrected chi connectivity index (χ4v) is 4.01. The van der Waals surface area contributed by atoms with Crippen LogP contribution in [0.1, 0.15) is 5.56 Å². The molecule has 0 aliphatic carbocycles. The fourth-order valence-electron chi connectivity index (χ4n) is 3.72. The third-order valence-corrected chi connectivity index (χ3v) is 5.53. The monoisotopic (exact) mass is 395 g/mol. The molecule has 148 valence electrons. The van der Waals surface area contributed by atoms with Gasteiger partial charge < -0.3 is 19.1 Å². The first-order valence-corrected chi connectivity index (χ1v) is 9.95. The van der Waals surface area contributed by atoms with Crippen molar-refractivity contribution < 1.29 is 19.0 Å². The molecule has 0 atom stereocenters. The van der Waals surface area contributed by atoms with E-state index in [1.54, 1.807) is 0 Å². The van der Waals surface area contributed by atoms with E-state index in [9.17, 15) is 4.79 Å².